The first-order valence-electron chi connectivity index (χ1n) is 4.71. The Bertz CT molecular complexity index is 584. The van der Waals surface area contributed by atoms with Gasteiger partial charge in [0, 0.05) is 17.9 Å². The summed E-state index contributed by atoms with van der Waals surface area (Å²) in [6, 6.07) is 12.1. The van der Waals surface area contributed by atoms with Crippen LogP contribution in [0.4, 0.5) is 0 Å². The van der Waals surface area contributed by atoms with E-state index in [-0.39, 0.29) is 0 Å². The summed E-state index contributed by atoms with van der Waals surface area (Å²) in [6.07, 6.45) is 6.32. The summed E-state index contributed by atoms with van der Waals surface area (Å²) in [5.41, 5.74) is 3.10. The zero-order valence-corrected chi connectivity index (χ0v) is 7.96. The average Bonchev–Trinajstić information content (AvgIpc) is 2.74. The van der Waals surface area contributed by atoms with Crippen LogP contribution in [0.2, 0.25) is 0 Å². The van der Waals surface area contributed by atoms with E-state index in [9.17, 15) is 0 Å². The number of aromatic nitrogens is 3. The van der Waals surface area contributed by atoms with Crippen LogP contribution in [0.25, 0.3) is 16.9 Å². The Labute approximate surface area is 87.0 Å². The summed E-state index contributed by atoms with van der Waals surface area (Å²) in [6.45, 7) is 0. The van der Waals surface area contributed by atoms with Crippen LogP contribution >= 0.6 is 0 Å². The number of pyridine rings is 1. The Morgan fingerprint density at radius 1 is 1.07 bits per heavy atom. The lowest BCUT2D eigenvalue weighted by molar-refractivity contribution is 1.12. The minimum Gasteiger partial charge on any atom is -0.315 e. The topological polar surface area (TPSA) is 30.2 Å². The minimum absolute atomic E-state index is 0.885. The molecule has 15 heavy (non-hydrogen) atoms. The summed E-state index contributed by atoms with van der Waals surface area (Å²) in [4.78, 5) is 7.90. The molecule has 0 amide bonds. The first-order chi connectivity index (χ1) is 7.45. The van der Waals surface area contributed by atoms with Crippen molar-refractivity contribution in [3.63, 3.8) is 0 Å². The molecule has 0 bridgehead atoms. The molecule has 0 unspecified atom stereocenters. The molecule has 0 aromatic carbocycles. The largest absolute Gasteiger partial charge is 0.315 e. The number of nitrogens with zero attached hydrogens (tertiary/aromatic N) is 3. The Balaban J connectivity index is 2.28. The van der Waals surface area contributed by atoms with Gasteiger partial charge in [0.25, 0.3) is 0 Å². The molecule has 71 valence electrons. The fourth-order valence-electron chi connectivity index (χ4n) is 1.67. The Morgan fingerprint density at radius 2 is 2.07 bits per heavy atom. The lowest BCUT2D eigenvalue weighted by Gasteiger charge is -2.00. The molecule has 3 aromatic heterocycles. The molecule has 0 atom stereocenters. The minimum atomic E-state index is 0.885. The first-order valence-corrected chi connectivity index (χ1v) is 4.71. The molecule has 3 nitrogen and oxygen atoms in total. The molecule has 0 aliphatic heterocycles. The highest BCUT2D eigenvalue weighted by atomic mass is 14.9. The zero-order chi connectivity index (χ0) is 10.1. The van der Waals surface area contributed by atoms with Gasteiger partial charge < -0.3 is 4.40 Å². The first kappa shape index (κ1) is 8.17. The zero-order valence-electron chi connectivity index (χ0n) is 7.96. The third-order valence-corrected chi connectivity index (χ3v) is 2.36. The third kappa shape index (κ3) is 1.29. The Morgan fingerprint density at radius 3 is 2.93 bits per heavy atom. The molecule has 3 aromatic rings. The van der Waals surface area contributed by atoms with E-state index in [1.807, 2.05) is 30.5 Å². The van der Waals surface area contributed by atoms with Gasteiger partial charge >= 0.3 is 0 Å². The van der Waals surface area contributed by atoms with Crippen molar-refractivity contribution in [3.8, 4) is 11.4 Å². The van der Waals surface area contributed by atoms with Gasteiger partial charge in [-0.25, -0.2) is 9.97 Å². The number of rotatable bonds is 1. The highest BCUT2D eigenvalue weighted by molar-refractivity contribution is 5.64. The van der Waals surface area contributed by atoms with Crippen LogP contribution < -0.4 is 0 Å². The summed E-state index contributed by atoms with van der Waals surface area (Å²) < 4.78 is 2.09. The SMILES string of the molecule is [c]1nccc(-c2ccc3ccccn23)n1. The van der Waals surface area contributed by atoms with Gasteiger partial charge in [0.2, 0.25) is 0 Å². The van der Waals surface area contributed by atoms with Gasteiger partial charge in [-0.2, -0.15) is 0 Å². The molecule has 3 heterocycles. The van der Waals surface area contributed by atoms with Crippen molar-refractivity contribution in [2.45, 2.75) is 0 Å². The molecule has 0 N–H and O–H groups in total. The highest BCUT2D eigenvalue weighted by Gasteiger charge is 2.03. The van der Waals surface area contributed by atoms with E-state index in [1.54, 1.807) is 6.20 Å². The predicted molar refractivity (Wildman–Crippen MR) is 57.3 cm³/mol. The summed E-state index contributed by atoms with van der Waals surface area (Å²) in [5, 5.41) is 0. The maximum Gasteiger partial charge on any atom is 0.198 e. The second-order valence-electron chi connectivity index (χ2n) is 3.26. The smallest absolute Gasteiger partial charge is 0.198 e. The molecule has 0 spiro atoms. The molecular weight excluding hydrogens is 186 g/mol. The van der Waals surface area contributed by atoms with Gasteiger partial charge in [0.15, 0.2) is 6.33 Å². The predicted octanol–water partition coefficient (Wildman–Crippen LogP) is 2.20. The van der Waals surface area contributed by atoms with Gasteiger partial charge in [-0.15, -0.1) is 0 Å². The van der Waals surface area contributed by atoms with Crippen LogP contribution in [-0.4, -0.2) is 14.4 Å². The van der Waals surface area contributed by atoms with Crippen LogP contribution in [0, 0.1) is 6.33 Å². The molecule has 0 aliphatic carbocycles. The monoisotopic (exact) mass is 194 g/mol. The molecule has 0 fully saturated rings. The van der Waals surface area contributed by atoms with Crippen LogP contribution in [0.3, 0.4) is 0 Å². The van der Waals surface area contributed by atoms with Crippen molar-refractivity contribution in [3.05, 3.63) is 55.1 Å². The fraction of sp³-hybridized carbons (Fsp3) is 0. The van der Waals surface area contributed by atoms with E-state index in [4.69, 9.17) is 0 Å². The van der Waals surface area contributed by atoms with Gasteiger partial charge in [-0.3, -0.25) is 0 Å². The summed E-state index contributed by atoms with van der Waals surface area (Å²) in [5.74, 6) is 0. The van der Waals surface area contributed by atoms with Crippen molar-refractivity contribution in [2.75, 3.05) is 0 Å². The maximum atomic E-state index is 4.11. The second kappa shape index (κ2) is 3.20. The lowest BCUT2D eigenvalue weighted by atomic mass is 10.3. The Hall–Kier alpha value is -2.16. The van der Waals surface area contributed by atoms with Crippen LogP contribution in [0.15, 0.2) is 48.8 Å². The quantitative estimate of drug-likeness (QED) is 0.594. The molecule has 3 rings (SSSR count). The van der Waals surface area contributed by atoms with Crippen molar-refractivity contribution < 1.29 is 0 Å². The van der Waals surface area contributed by atoms with Gasteiger partial charge in [-0.05, 0) is 30.3 Å². The third-order valence-electron chi connectivity index (χ3n) is 2.36. The lowest BCUT2D eigenvalue weighted by Crippen LogP contribution is -1.89. The average molecular weight is 194 g/mol. The fourth-order valence-corrected chi connectivity index (χ4v) is 1.67. The van der Waals surface area contributed by atoms with E-state index in [2.05, 4.69) is 32.8 Å². The van der Waals surface area contributed by atoms with Gasteiger partial charge in [-0.1, -0.05) is 6.07 Å². The standard InChI is InChI=1S/C12H8N3/c1-2-8-15-10(3-1)4-5-12(15)11-6-7-13-9-14-11/h1-8H. The van der Waals surface area contributed by atoms with E-state index >= 15 is 0 Å². The number of hydrogen-bond acceptors (Lipinski definition) is 2. The molecular formula is C12H8N3. The van der Waals surface area contributed by atoms with E-state index in [0.717, 1.165) is 16.9 Å². The summed E-state index contributed by atoms with van der Waals surface area (Å²) >= 11 is 0. The molecule has 0 saturated heterocycles. The summed E-state index contributed by atoms with van der Waals surface area (Å²) in [7, 11) is 0. The second-order valence-corrected chi connectivity index (χ2v) is 3.26. The highest BCUT2D eigenvalue weighted by Crippen LogP contribution is 2.19. The van der Waals surface area contributed by atoms with Crippen LogP contribution in [0.1, 0.15) is 0 Å². The van der Waals surface area contributed by atoms with Crippen molar-refractivity contribution in [1.82, 2.24) is 14.4 Å². The van der Waals surface area contributed by atoms with E-state index < -0.39 is 0 Å². The Kier molecular flexibility index (Phi) is 1.75. The van der Waals surface area contributed by atoms with E-state index in [0.29, 0.717) is 0 Å². The van der Waals surface area contributed by atoms with Crippen molar-refractivity contribution >= 4 is 5.52 Å². The maximum absolute atomic E-state index is 4.11. The van der Waals surface area contributed by atoms with E-state index in [1.165, 1.54) is 0 Å². The number of hydrogen-bond donors (Lipinski definition) is 0. The molecule has 0 saturated carbocycles. The normalized spacial score (nSPS) is 10.7. The van der Waals surface area contributed by atoms with Crippen molar-refractivity contribution in [2.24, 2.45) is 0 Å². The van der Waals surface area contributed by atoms with Crippen molar-refractivity contribution in [1.29, 1.82) is 0 Å². The number of fused-ring (bicyclic) bond motifs is 1. The molecule has 1 radical (unpaired) electrons. The van der Waals surface area contributed by atoms with Gasteiger partial charge in [0.1, 0.15) is 0 Å². The molecule has 3 heteroatoms. The molecule has 0 aliphatic rings. The van der Waals surface area contributed by atoms with Gasteiger partial charge in [0.05, 0.1) is 11.4 Å². The van der Waals surface area contributed by atoms with Crippen LogP contribution in [-0.2, 0) is 0 Å². The van der Waals surface area contributed by atoms with Crippen LogP contribution in [0.5, 0.6) is 0 Å².